The van der Waals surface area contributed by atoms with E-state index in [2.05, 4.69) is 35.2 Å². The summed E-state index contributed by atoms with van der Waals surface area (Å²) in [6.45, 7) is 8.57. The number of anilines is 2. The van der Waals surface area contributed by atoms with E-state index in [-0.39, 0.29) is 24.2 Å². The lowest BCUT2D eigenvalue weighted by Crippen LogP contribution is -2.47. The summed E-state index contributed by atoms with van der Waals surface area (Å²) in [7, 11) is 1.74. The molecule has 1 saturated heterocycles. The number of halogens is 1. The van der Waals surface area contributed by atoms with Crippen LogP contribution < -0.4 is 14.5 Å². The quantitative estimate of drug-likeness (QED) is 0.375. The van der Waals surface area contributed by atoms with Gasteiger partial charge in [-0.05, 0) is 64.3 Å². The third-order valence-corrected chi connectivity index (χ3v) is 7.19. The maximum Gasteiger partial charge on any atom is 0.242 e. The van der Waals surface area contributed by atoms with Gasteiger partial charge in [0, 0.05) is 32.2 Å². The van der Waals surface area contributed by atoms with Crippen LogP contribution in [0.25, 0.3) is 0 Å². The van der Waals surface area contributed by atoms with Crippen molar-refractivity contribution in [2.75, 3.05) is 43.1 Å². The van der Waals surface area contributed by atoms with Crippen LogP contribution in [0.4, 0.5) is 11.4 Å². The Bertz CT molecular complexity index is 1030. The van der Waals surface area contributed by atoms with Crippen molar-refractivity contribution in [1.82, 2.24) is 4.90 Å². The lowest BCUT2D eigenvalue weighted by molar-refractivity contribution is -0.137. The number of piperidine rings is 1. The Kier molecular flexibility index (Phi) is 8.84. The van der Waals surface area contributed by atoms with Crippen molar-refractivity contribution < 1.29 is 14.3 Å². The highest BCUT2D eigenvalue weighted by molar-refractivity contribution is 6.20. The van der Waals surface area contributed by atoms with Crippen molar-refractivity contribution in [2.24, 2.45) is 5.41 Å². The van der Waals surface area contributed by atoms with E-state index in [0.717, 1.165) is 30.9 Å². The first-order valence-corrected chi connectivity index (χ1v) is 12.5. The molecule has 2 aliphatic rings. The third kappa shape index (κ3) is 5.49. The summed E-state index contributed by atoms with van der Waals surface area (Å²) >= 11 is 0. The van der Waals surface area contributed by atoms with E-state index >= 15 is 0 Å². The van der Waals surface area contributed by atoms with Crippen molar-refractivity contribution in [3.8, 4) is 5.75 Å². The number of hydrogen-bond acceptors (Lipinski definition) is 4. The molecule has 1 unspecified atom stereocenters. The molecule has 2 heterocycles. The lowest BCUT2D eigenvalue weighted by Gasteiger charge is -2.36. The molecular formula is C28H38ClN3O3. The smallest absolute Gasteiger partial charge is 0.242 e. The minimum atomic E-state index is -1.10. The molecule has 7 heteroatoms. The van der Waals surface area contributed by atoms with Gasteiger partial charge >= 0.3 is 0 Å². The van der Waals surface area contributed by atoms with Crippen LogP contribution in [0.5, 0.6) is 5.75 Å². The second-order valence-corrected chi connectivity index (χ2v) is 9.85. The van der Waals surface area contributed by atoms with Crippen molar-refractivity contribution in [3.63, 3.8) is 0 Å². The van der Waals surface area contributed by atoms with Crippen LogP contribution in [-0.2, 0) is 9.59 Å². The zero-order chi connectivity index (χ0) is 24.3. The van der Waals surface area contributed by atoms with Gasteiger partial charge in [0.2, 0.25) is 11.8 Å². The highest BCUT2D eigenvalue weighted by atomic mass is 35.5. The number of fused-ring (bicyclic) bond motifs is 1. The van der Waals surface area contributed by atoms with Crippen molar-refractivity contribution in [3.05, 3.63) is 54.1 Å². The number of hydrogen-bond donors (Lipinski definition) is 0. The van der Waals surface area contributed by atoms with Gasteiger partial charge in [-0.15, -0.1) is 12.4 Å². The molecule has 4 rings (SSSR count). The summed E-state index contributed by atoms with van der Waals surface area (Å²) in [5.74, 6) is 0.345. The fourth-order valence-electron chi connectivity index (χ4n) is 5.24. The first kappa shape index (κ1) is 27.0. The Balaban J connectivity index is 0.00000342. The number of likely N-dealkylation sites (tertiary alicyclic amines) is 1. The van der Waals surface area contributed by atoms with Gasteiger partial charge in [0.15, 0.2) is 0 Å². The molecule has 2 aliphatic heterocycles. The predicted octanol–water partition coefficient (Wildman–Crippen LogP) is 5.46. The van der Waals surface area contributed by atoms with Gasteiger partial charge in [-0.3, -0.25) is 14.5 Å². The standard InChI is InChI=1S/C28H37N3O3.ClH/c1-5-31-24-16-15-22(20-25(24)29(4)26(32)28(2,3)27(31)33)34-19-11-18-30-17-10-9-14-23(30)21-12-7-6-8-13-21;/h6-8,12-13,15-16,20,23H,5,9-11,14,17-19H2,1-4H3;1H. The van der Waals surface area contributed by atoms with Gasteiger partial charge in [0.1, 0.15) is 11.2 Å². The molecule has 2 aromatic rings. The van der Waals surface area contributed by atoms with E-state index in [1.165, 1.54) is 24.8 Å². The van der Waals surface area contributed by atoms with Crippen molar-refractivity contribution in [2.45, 2.75) is 52.5 Å². The van der Waals surface area contributed by atoms with E-state index < -0.39 is 5.41 Å². The number of benzene rings is 2. The van der Waals surface area contributed by atoms with Crippen molar-refractivity contribution >= 4 is 35.6 Å². The molecule has 0 aliphatic carbocycles. The van der Waals surface area contributed by atoms with Crippen molar-refractivity contribution in [1.29, 1.82) is 0 Å². The topological polar surface area (TPSA) is 53.1 Å². The Hall–Kier alpha value is -2.57. The summed E-state index contributed by atoms with van der Waals surface area (Å²) < 4.78 is 6.11. The van der Waals surface area contributed by atoms with E-state index in [4.69, 9.17) is 4.74 Å². The minimum absolute atomic E-state index is 0. The van der Waals surface area contributed by atoms with Crippen LogP contribution >= 0.6 is 12.4 Å². The number of carbonyl (C=O) groups excluding carboxylic acids is 2. The zero-order valence-electron chi connectivity index (χ0n) is 21.3. The average molecular weight is 500 g/mol. The number of amides is 2. The normalized spacial score (nSPS) is 20.2. The van der Waals surface area contributed by atoms with Crippen LogP contribution in [0.1, 0.15) is 58.1 Å². The van der Waals surface area contributed by atoms with Crippen LogP contribution in [0.3, 0.4) is 0 Å². The second kappa shape index (κ2) is 11.4. The highest BCUT2D eigenvalue weighted by Crippen LogP contribution is 2.40. The summed E-state index contributed by atoms with van der Waals surface area (Å²) in [4.78, 5) is 31.9. The molecule has 190 valence electrons. The van der Waals surface area contributed by atoms with Gasteiger partial charge in [-0.25, -0.2) is 0 Å². The molecule has 1 atom stereocenters. The molecule has 2 aromatic carbocycles. The molecule has 35 heavy (non-hydrogen) atoms. The molecule has 0 spiro atoms. The largest absolute Gasteiger partial charge is 0.493 e. The molecule has 1 fully saturated rings. The average Bonchev–Trinajstić information content (AvgIpc) is 2.91. The number of carbonyl (C=O) groups is 2. The Labute approximate surface area is 215 Å². The molecule has 0 radical (unpaired) electrons. The Morgan fingerprint density at radius 2 is 1.74 bits per heavy atom. The van der Waals surface area contributed by atoms with E-state index in [1.807, 2.05) is 25.1 Å². The van der Waals surface area contributed by atoms with Gasteiger partial charge in [0.05, 0.1) is 18.0 Å². The Morgan fingerprint density at radius 1 is 1.00 bits per heavy atom. The van der Waals surface area contributed by atoms with Crippen LogP contribution in [0, 0.1) is 5.41 Å². The Morgan fingerprint density at radius 3 is 2.46 bits per heavy atom. The van der Waals surface area contributed by atoms with Crippen LogP contribution in [-0.4, -0.2) is 50.0 Å². The van der Waals surface area contributed by atoms with E-state index in [0.29, 0.717) is 24.9 Å². The first-order valence-electron chi connectivity index (χ1n) is 12.5. The molecule has 0 saturated carbocycles. The van der Waals surface area contributed by atoms with E-state index in [9.17, 15) is 9.59 Å². The van der Waals surface area contributed by atoms with Crippen LogP contribution in [0.2, 0.25) is 0 Å². The summed E-state index contributed by atoms with van der Waals surface area (Å²) in [6.07, 6.45) is 4.67. The molecule has 0 N–H and O–H groups in total. The summed E-state index contributed by atoms with van der Waals surface area (Å²) in [5.41, 5.74) is 1.76. The molecule has 2 amide bonds. The fourth-order valence-corrected chi connectivity index (χ4v) is 5.24. The minimum Gasteiger partial charge on any atom is -0.493 e. The summed E-state index contributed by atoms with van der Waals surface area (Å²) in [5, 5.41) is 0. The first-order chi connectivity index (χ1) is 16.3. The number of rotatable bonds is 7. The van der Waals surface area contributed by atoms with E-state index in [1.54, 1.807) is 30.7 Å². The SMILES string of the molecule is CCN1C(=O)C(C)(C)C(=O)N(C)c2cc(OCCCN3CCCCC3c3ccccc3)ccc21.Cl. The second-order valence-electron chi connectivity index (χ2n) is 9.85. The molecule has 6 nitrogen and oxygen atoms in total. The third-order valence-electron chi connectivity index (χ3n) is 7.19. The molecule has 0 aromatic heterocycles. The van der Waals surface area contributed by atoms with Gasteiger partial charge in [-0.1, -0.05) is 36.8 Å². The van der Waals surface area contributed by atoms with Gasteiger partial charge in [0.25, 0.3) is 0 Å². The predicted molar refractivity (Wildman–Crippen MR) is 144 cm³/mol. The molecular weight excluding hydrogens is 462 g/mol. The van der Waals surface area contributed by atoms with Crippen LogP contribution in [0.15, 0.2) is 48.5 Å². The number of ether oxygens (including phenoxy) is 1. The van der Waals surface area contributed by atoms with Gasteiger partial charge < -0.3 is 14.5 Å². The lowest BCUT2D eigenvalue weighted by atomic mass is 9.90. The summed E-state index contributed by atoms with van der Waals surface area (Å²) in [6, 6.07) is 17.0. The number of nitrogens with zero attached hydrogens (tertiary/aromatic N) is 3. The monoisotopic (exact) mass is 499 g/mol. The maximum atomic E-state index is 13.0. The fraction of sp³-hybridized carbons (Fsp3) is 0.500. The molecule has 0 bridgehead atoms. The zero-order valence-corrected chi connectivity index (χ0v) is 22.1. The maximum absolute atomic E-state index is 13.0. The highest BCUT2D eigenvalue weighted by Gasteiger charge is 2.45. The van der Waals surface area contributed by atoms with Gasteiger partial charge in [-0.2, -0.15) is 0 Å².